The van der Waals surface area contributed by atoms with E-state index in [9.17, 15) is 12.8 Å². The predicted molar refractivity (Wildman–Crippen MR) is 75.8 cm³/mol. The van der Waals surface area contributed by atoms with Crippen molar-refractivity contribution in [3.63, 3.8) is 0 Å². The van der Waals surface area contributed by atoms with E-state index < -0.39 is 15.7 Å². The largest absolute Gasteiger partial charge is 0.375 e. The Morgan fingerprint density at radius 1 is 1.25 bits per heavy atom. The van der Waals surface area contributed by atoms with E-state index in [1.165, 1.54) is 12.1 Å². The van der Waals surface area contributed by atoms with Gasteiger partial charge in [0.25, 0.3) is 0 Å². The maximum absolute atomic E-state index is 13.8. The van der Waals surface area contributed by atoms with Crippen LogP contribution in [-0.2, 0) is 9.84 Å². The van der Waals surface area contributed by atoms with Crippen LogP contribution in [0.4, 0.5) is 10.1 Å². The summed E-state index contributed by atoms with van der Waals surface area (Å²) in [4.78, 5) is 4.25. The van der Waals surface area contributed by atoms with Crippen molar-refractivity contribution in [3.8, 4) is 0 Å². The first kappa shape index (κ1) is 14.5. The Kier molecular flexibility index (Phi) is 4.04. The molecule has 1 N–H and O–H groups in total. The fraction of sp³-hybridized carbons (Fsp3) is 0.214. The topological polar surface area (TPSA) is 59.1 Å². The van der Waals surface area contributed by atoms with Crippen molar-refractivity contribution in [1.82, 2.24) is 4.98 Å². The fourth-order valence-corrected chi connectivity index (χ4v) is 2.43. The second-order valence-corrected chi connectivity index (χ2v) is 6.55. The Labute approximate surface area is 117 Å². The van der Waals surface area contributed by atoms with Gasteiger partial charge in [-0.05, 0) is 37.3 Å². The highest BCUT2D eigenvalue weighted by molar-refractivity contribution is 7.90. The molecule has 1 atom stereocenters. The van der Waals surface area contributed by atoms with E-state index in [0.29, 0.717) is 0 Å². The molecule has 0 aliphatic carbocycles. The Morgan fingerprint density at radius 3 is 2.60 bits per heavy atom. The van der Waals surface area contributed by atoms with Crippen molar-refractivity contribution in [2.45, 2.75) is 17.9 Å². The molecule has 2 rings (SSSR count). The Morgan fingerprint density at radius 2 is 2.00 bits per heavy atom. The van der Waals surface area contributed by atoms with Gasteiger partial charge in [0, 0.05) is 12.5 Å². The number of pyridine rings is 1. The van der Waals surface area contributed by atoms with E-state index in [1.54, 1.807) is 12.3 Å². The van der Waals surface area contributed by atoms with Crippen molar-refractivity contribution in [2.75, 3.05) is 11.6 Å². The lowest BCUT2D eigenvalue weighted by atomic mass is 10.2. The highest BCUT2D eigenvalue weighted by Gasteiger charge is 2.13. The van der Waals surface area contributed by atoms with Gasteiger partial charge in [-0.3, -0.25) is 4.98 Å². The molecule has 0 aliphatic heterocycles. The number of halogens is 1. The zero-order chi connectivity index (χ0) is 14.8. The molecule has 1 aromatic carbocycles. The molecule has 0 fully saturated rings. The Bertz CT molecular complexity index is 702. The van der Waals surface area contributed by atoms with E-state index in [-0.39, 0.29) is 16.6 Å². The molecule has 0 radical (unpaired) electrons. The summed E-state index contributed by atoms with van der Waals surface area (Å²) in [5.74, 6) is -0.500. The van der Waals surface area contributed by atoms with Crippen LogP contribution in [0.2, 0.25) is 0 Å². The van der Waals surface area contributed by atoms with Crippen molar-refractivity contribution >= 4 is 15.5 Å². The first-order valence-electron chi connectivity index (χ1n) is 6.05. The molecule has 0 spiro atoms. The number of nitrogens with one attached hydrogen (secondary N) is 1. The molecule has 2 aromatic rings. The van der Waals surface area contributed by atoms with Crippen LogP contribution in [0.1, 0.15) is 18.7 Å². The molecule has 1 aromatic heterocycles. The van der Waals surface area contributed by atoms with Crippen LogP contribution < -0.4 is 5.32 Å². The lowest BCUT2D eigenvalue weighted by Gasteiger charge is -2.15. The summed E-state index contributed by atoms with van der Waals surface area (Å²) in [7, 11) is -3.36. The summed E-state index contributed by atoms with van der Waals surface area (Å²) in [6.07, 6.45) is 2.74. The van der Waals surface area contributed by atoms with Crippen LogP contribution >= 0.6 is 0 Å². The van der Waals surface area contributed by atoms with Gasteiger partial charge in [0.1, 0.15) is 5.82 Å². The third-order valence-corrected chi connectivity index (χ3v) is 3.98. The maximum Gasteiger partial charge on any atom is 0.175 e. The normalized spacial score (nSPS) is 12.9. The SMILES string of the molecule is CC(Nc1cc(S(C)(=O)=O)ccc1F)c1ccccn1. The molecule has 0 saturated carbocycles. The molecule has 6 heteroatoms. The first-order valence-corrected chi connectivity index (χ1v) is 7.94. The Balaban J connectivity index is 2.30. The van der Waals surface area contributed by atoms with Gasteiger partial charge in [-0.1, -0.05) is 6.07 Å². The summed E-state index contributed by atoms with van der Waals surface area (Å²) in [6.45, 7) is 1.83. The van der Waals surface area contributed by atoms with E-state index in [0.717, 1.165) is 18.0 Å². The number of aromatic nitrogens is 1. The molecule has 0 saturated heterocycles. The summed E-state index contributed by atoms with van der Waals surface area (Å²) in [5, 5.41) is 2.94. The monoisotopic (exact) mass is 294 g/mol. The molecule has 106 valence electrons. The summed E-state index contributed by atoms with van der Waals surface area (Å²) in [6, 6.07) is 8.90. The number of anilines is 1. The number of hydrogen-bond acceptors (Lipinski definition) is 4. The number of sulfone groups is 1. The van der Waals surface area contributed by atoms with Crippen LogP contribution in [0.15, 0.2) is 47.5 Å². The van der Waals surface area contributed by atoms with E-state index in [1.807, 2.05) is 19.1 Å². The number of rotatable bonds is 4. The number of benzene rings is 1. The van der Waals surface area contributed by atoms with E-state index in [2.05, 4.69) is 10.3 Å². The van der Waals surface area contributed by atoms with Gasteiger partial charge in [-0.15, -0.1) is 0 Å². The molecule has 0 aliphatic rings. The van der Waals surface area contributed by atoms with E-state index in [4.69, 9.17) is 0 Å². The smallest absolute Gasteiger partial charge is 0.175 e. The van der Waals surface area contributed by atoms with Crippen molar-refractivity contribution in [3.05, 3.63) is 54.1 Å². The van der Waals surface area contributed by atoms with E-state index >= 15 is 0 Å². The number of hydrogen-bond donors (Lipinski definition) is 1. The zero-order valence-corrected chi connectivity index (χ0v) is 12.0. The van der Waals surface area contributed by atoms with Crippen molar-refractivity contribution in [2.24, 2.45) is 0 Å². The third kappa shape index (κ3) is 3.33. The second-order valence-electron chi connectivity index (χ2n) is 4.53. The maximum atomic E-state index is 13.8. The fourth-order valence-electron chi connectivity index (χ4n) is 1.78. The van der Waals surface area contributed by atoms with Gasteiger partial charge in [0.2, 0.25) is 0 Å². The first-order chi connectivity index (χ1) is 9.38. The molecule has 0 amide bonds. The standard InChI is InChI=1S/C14H15FN2O2S/c1-10(13-5-3-4-8-16-13)17-14-9-11(20(2,18)19)6-7-12(14)15/h3-10,17H,1-2H3. The van der Waals surface area contributed by atoms with Crippen LogP contribution in [0.5, 0.6) is 0 Å². The van der Waals surface area contributed by atoms with Gasteiger partial charge in [-0.2, -0.15) is 0 Å². The Hall–Kier alpha value is -1.95. The average molecular weight is 294 g/mol. The minimum atomic E-state index is -3.36. The predicted octanol–water partition coefficient (Wildman–Crippen LogP) is 2.80. The minimum absolute atomic E-state index is 0.0784. The molecule has 20 heavy (non-hydrogen) atoms. The molecule has 1 heterocycles. The quantitative estimate of drug-likeness (QED) is 0.881. The lowest BCUT2D eigenvalue weighted by Crippen LogP contribution is -2.10. The molecule has 4 nitrogen and oxygen atoms in total. The third-order valence-electron chi connectivity index (χ3n) is 2.87. The van der Waals surface area contributed by atoms with Crippen molar-refractivity contribution in [1.29, 1.82) is 0 Å². The van der Waals surface area contributed by atoms with Crippen LogP contribution in [0, 0.1) is 5.82 Å². The van der Waals surface area contributed by atoms with Crippen LogP contribution in [0.3, 0.4) is 0 Å². The average Bonchev–Trinajstić information content (AvgIpc) is 2.41. The summed E-state index contributed by atoms with van der Waals surface area (Å²) in [5.41, 5.74) is 0.891. The van der Waals surface area contributed by atoms with Gasteiger partial charge in [0.05, 0.1) is 22.3 Å². The van der Waals surface area contributed by atoms with Gasteiger partial charge < -0.3 is 5.32 Å². The summed E-state index contributed by atoms with van der Waals surface area (Å²) < 4.78 is 36.7. The van der Waals surface area contributed by atoms with Gasteiger partial charge >= 0.3 is 0 Å². The van der Waals surface area contributed by atoms with Crippen LogP contribution in [0.25, 0.3) is 0 Å². The second kappa shape index (κ2) is 5.58. The van der Waals surface area contributed by atoms with Crippen molar-refractivity contribution < 1.29 is 12.8 Å². The molecule has 1 unspecified atom stereocenters. The molecular weight excluding hydrogens is 279 g/mol. The minimum Gasteiger partial charge on any atom is -0.375 e. The molecular formula is C14H15FN2O2S. The highest BCUT2D eigenvalue weighted by Crippen LogP contribution is 2.23. The van der Waals surface area contributed by atoms with Gasteiger partial charge in [-0.25, -0.2) is 12.8 Å². The lowest BCUT2D eigenvalue weighted by molar-refractivity contribution is 0.600. The molecule has 0 bridgehead atoms. The summed E-state index contributed by atoms with van der Waals surface area (Å²) >= 11 is 0. The zero-order valence-electron chi connectivity index (χ0n) is 11.2. The highest BCUT2D eigenvalue weighted by atomic mass is 32.2. The van der Waals surface area contributed by atoms with Gasteiger partial charge in [0.15, 0.2) is 9.84 Å². The van der Waals surface area contributed by atoms with Crippen LogP contribution in [-0.4, -0.2) is 19.7 Å². The number of nitrogens with zero attached hydrogens (tertiary/aromatic N) is 1.